The number of fused-ring (bicyclic) bond motifs is 10. The van der Waals surface area contributed by atoms with Crippen molar-refractivity contribution in [1.82, 2.24) is 0 Å². The zero-order valence-electron chi connectivity index (χ0n) is 25.4. The molecule has 0 amide bonds. The van der Waals surface area contributed by atoms with Gasteiger partial charge in [0.15, 0.2) is 5.58 Å². The minimum atomic E-state index is 0.863. The molecule has 0 spiro atoms. The molecule has 2 heterocycles. The first kappa shape index (κ1) is 26.0. The molecule has 10 aromatic rings. The highest BCUT2D eigenvalue weighted by Gasteiger charge is 2.22. The minimum Gasteiger partial charge on any atom is -0.456 e. The Bertz CT molecular complexity index is 2790. The van der Waals surface area contributed by atoms with Gasteiger partial charge < -0.3 is 13.7 Å². The predicted octanol–water partition coefficient (Wildman–Crippen LogP) is 12.9. The molecule has 2 aromatic heterocycles. The summed E-state index contributed by atoms with van der Waals surface area (Å²) >= 11 is 0. The molecule has 0 N–H and O–H groups in total. The topological polar surface area (TPSA) is 29.5 Å². The SMILES string of the molecule is c1ccc(-c2ccc(N(c3cccc4c3ccc3ccc5oc6ccccc6c5c34)c3cccc4c3oc3ccccc34)cc2)cc1. The Labute approximate surface area is 270 Å². The Kier molecular flexibility index (Phi) is 5.57. The van der Waals surface area contributed by atoms with Crippen LogP contribution in [0.3, 0.4) is 0 Å². The number of para-hydroxylation sites is 3. The van der Waals surface area contributed by atoms with Gasteiger partial charge in [0.1, 0.15) is 16.7 Å². The van der Waals surface area contributed by atoms with Gasteiger partial charge >= 0.3 is 0 Å². The predicted molar refractivity (Wildman–Crippen MR) is 196 cm³/mol. The second kappa shape index (κ2) is 10.1. The van der Waals surface area contributed by atoms with Gasteiger partial charge in [-0.3, -0.25) is 0 Å². The van der Waals surface area contributed by atoms with Crippen LogP contribution in [0, 0.1) is 0 Å². The summed E-state index contributed by atoms with van der Waals surface area (Å²) in [6, 6.07) is 57.8. The van der Waals surface area contributed by atoms with Crippen molar-refractivity contribution in [2.75, 3.05) is 4.90 Å². The highest BCUT2D eigenvalue weighted by atomic mass is 16.3. The van der Waals surface area contributed by atoms with Crippen molar-refractivity contribution in [3.05, 3.63) is 164 Å². The summed E-state index contributed by atoms with van der Waals surface area (Å²) in [4.78, 5) is 2.35. The first-order valence-corrected chi connectivity index (χ1v) is 15.9. The van der Waals surface area contributed by atoms with Crippen molar-refractivity contribution >= 4 is 82.5 Å². The van der Waals surface area contributed by atoms with E-state index in [0.29, 0.717) is 0 Å². The summed E-state index contributed by atoms with van der Waals surface area (Å²) in [5, 5.41) is 9.21. The van der Waals surface area contributed by atoms with Crippen LogP contribution in [0.5, 0.6) is 0 Å². The standard InChI is InChI=1S/C44H27NO2/c1-2-10-28(11-3-1)29-20-24-31(25-21-29)45(38-17-9-15-35-33-12-4-6-18-39(33)47-44(35)38)37-16-8-14-34-32(37)26-22-30-23-27-41-43(42(30)34)36-13-5-7-19-40(36)46-41/h1-27H. The van der Waals surface area contributed by atoms with Crippen LogP contribution in [0.1, 0.15) is 0 Å². The summed E-state index contributed by atoms with van der Waals surface area (Å²) in [6.45, 7) is 0. The van der Waals surface area contributed by atoms with E-state index in [1.807, 2.05) is 24.3 Å². The summed E-state index contributed by atoms with van der Waals surface area (Å²) in [7, 11) is 0. The third kappa shape index (κ3) is 3.93. The summed E-state index contributed by atoms with van der Waals surface area (Å²) in [6.07, 6.45) is 0. The molecule has 0 bridgehead atoms. The Balaban J connectivity index is 1.27. The van der Waals surface area contributed by atoms with Crippen LogP contribution in [0.4, 0.5) is 17.1 Å². The average Bonchev–Trinajstić information content (AvgIpc) is 3.71. The van der Waals surface area contributed by atoms with E-state index in [9.17, 15) is 0 Å². The van der Waals surface area contributed by atoms with Gasteiger partial charge in [-0.2, -0.15) is 0 Å². The molecule has 0 aliphatic rings. The second-order valence-electron chi connectivity index (χ2n) is 12.1. The lowest BCUT2D eigenvalue weighted by molar-refractivity contribution is 0.669. The van der Waals surface area contributed by atoms with E-state index in [-0.39, 0.29) is 0 Å². The molecule has 0 atom stereocenters. The maximum absolute atomic E-state index is 6.62. The lowest BCUT2D eigenvalue weighted by atomic mass is 9.96. The number of furan rings is 2. The Morgan fingerprint density at radius 3 is 1.81 bits per heavy atom. The molecule has 0 aliphatic carbocycles. The van der Waals surface area contributed by atoms with Gasteiger partial charge in [-0.15, -0.1) is 0 Å². The van der Waals surface area contributed by atoms with Crippen molar-refractivity contribution in [3.8, 4) is 11.1 Å². The first-order chi connectivity index (χ1) is 23.3. The van der Waals surface area contributed by atoms with Gasteiger partial charge in [0.25, 0.3) is 0 Å². The molecule has 0 fully saturated rings. The largest absolute Gasteiger partial charge is 0.456 e. The molecule has 0 unspecified atom stereocenters. The maximum atomic E-state index is 6.62. The zero-order chi connectivity index (χ0) is 30.9. The van der Waals surface area contributed by atoms with Crippen LogP contribution in [0.15, 0.2) is 173 Å². The van der Waals surface area contributed by atoms with Crippen LogP contribution in [-0.2, 0) is 0 Å². The summed E-state index contributed by atoms with van der Waals surface area (Å²) in [5.74, 6) is 0. The zero-order valence-corrected chi connectivity index (χ0v) is 25.4. The molecule has 3 heteroatoms. The van der Waals surface area contributed by atoms with E-state index < -0.39 is 0 Å². The second-order valence-corrected chi connectivity index (χ2v) is 12.1. The smallest absolute Gasteiger partial charge is 0.159 e. The monoisotopic (exact) mass is 601 g/mol. The lowest BCUT2D eigenvalue weighted by Crippen LogP contribution is -2.10. The summed E-state index contributed by atoms with van der Waals surface area (Å²) in [5.41, 5.74) is 9.04. The van der Waals surface area contributed by atoms with E-state index in [2.05, 4.69) is 144 Å². The first-order valence-electron chi connectivity index (χ1n) is 15.9. The summed E-state index contributed by atoms with van der Waals surface area (Å²) < 4.78 is 13.0. The molecule has 47 heavy (non-hydrogen) atoms. The number of benzene rings is 8. The van der Waals surface area contributed by atoms with Crippen LogP contribution in [-0.4, -0.2) is 0 Å². The van der Waals surface area contributed by atoms with Crippen LogP contribution < -0.4 is 4.90 Å². The highest BCUT2D eigenvalue weighted by molar-refractivity contribution is 6.28. The van der Waals surface area contributed by atoms with E-state index in [0.717, 1.165) is 66.3 Å². The number of hydrogen-bond acceptors (Lipinski definition) is 3. The van der Waals surface area contributed by atoms with Gasteiger partial charge in [0.2, 0.25) is 0 Å². The number of hydrogen-bond donors (Lipinski definition) is 0. The molecular formula is C44H27NO2. The third-order valence-electron chi connectivity index (χ3n) is 9.46. The third-order valence-corrected chi connectivity index (χ3v) is 9.46. The van der Waals surface area contributed by atoms with Gasteiger partial charge in [-0.05, 0) is 64.4 Å². The van der Waals surface area contributed by atoms with Crippen LogP contribution >= 0.6 is 0 Å². The fourth-order valence-electron chi connectivity index (χ4n) is 7.33. The van der Waals surface area contributed by atoms with Crippen molar-refractivity contribution < 1.29 is 8.83 Å². The fraction of sp³-hybridized carbons (Fsp3) is 0. The molecule has 0 saturated heterocycles. The van der Waals surface area contributed by atoms with E-state index in [1.54, 1.807) is 0 Å². The minimum absolute atomic E-state index is 0.863. The van der Waals surface area contributed by atoms with Crippen molar-refractivity contribution in [1.29, 1.82) is 0 Å². The average molecular weight is 602 g/mol. The van der Waals surface area contributed by atoms with Gasteiger partial charge in [-0.25, -0.2) is 0 Å². The molecular weight excluding hydrogens is 574 g/mol. The normalized spacial score (nSPS) is 11.8. The quantitative estimate of drug-likeness (QED) is 0.188. The number of anilines is 3. The fourth-order valence-corrected chi connectivity index (χ4v) is 7.33. The van der Waals surface area contributed by atoms with E-state index in [1.165, 1.54) is 27.3 Å². The Morgan fingerprint density at radius 2 is 0.979 bits per heavy atom. The Morgan fingerprint density at radius 1 is 0.340 bits per heavy atom. The molecule has 3 nitrogen and oxygen atoms in total. The highest BCUT2D eigenvalue weighted by Crippen LogP contribution is 2.46. The number of nitrogens with zero attached hydrogens (tertiary/aromatic N) is 1. The molecule has 0 radical (unpaired) electrons. The lowest BCUT2D eigenvalue weighted by Gasteiger charge is -2.27. The van der Waals surface area contributed by atoms with Gasteiger partial charge in [-0.1, -0.05) is 121 Å². The molecule has 10 rings (SSSR count). The number of rotatable bonds is 4. The van der Waals surface area contributed by atoms with Gasteiger partial charge in [0.05, 0.1) is 11.4 Å². The van der Waals surface area contributed by atoms with E-state index in [4.69, 9.17) is 8.83 Å². The Hall–Kier alpha value is -6.32. The van der Waals surface area contributed by atoms with Crippen molar-refractivity contribution in [2.24, 2.45) is 0 Å². The van der Waals surface area contributed by atoms with Crippen LogP contribution in [0.2, 0.25) is 0 Å². The maximum Gasteiger partial charge on any atom is 0.159 e. The molecule has 0 aliphatic heterocycles. The molecule has 0 saturated carbocycles. The van der Waals surface area contributed by atoms with Crippen LogP contribution in [0.25, 0.3) is 76.5 Å². The van der Waals surface area contributed by atoms with E-state index >= 15 is 0 Å². The van der Waals surface area contributed by atoms with Crippen molar-refractivity contribution in [2.45, 2.75) is 0 Å². The van der Waals surface area contributed by atoms with Crippen molar-refractivity contribution in [3.63, 3.8) is 0 Å². The molecule has 8 aromatic carbocycles. The molecule has 220 valence electrons. The van der Waals surface area contributed by atoms with Gasteiger partial charge in [0, 0.05) is 38.0 Å².